The van der Waals surface area contributed by atoms with Gasteiger partial charge in [-0.05, 0) is 58.7 Å². The minimum absolute atomic E-state index is 0.0320. The predicted octanol–water partition coefficient (Wildman–Crippen LogP) is 3.84. The number of aryl methyl sites for hydroxylation is 1. The molecule has 38 heavy (non-hydrogen) atoms. The summed E-state index contributed by atoms with van der Waals surface area (Å²) in [5.74, 6) is 0.627. The molecule has 6 rings (SSSR count). The summed E-state index contributed by atoms with van der Waals surface area (Å²) in [5.41, 5.74) is 0.721. The second kappa shape index (κ2) is 9.14. The van der Waals surface area contributed by atoms with Gasteiger partial charge < -0.3 is 15.1 Å². The van der Waals surface area contributed by atoms with Crippen molar-refractivity contribution in [3.63, 3.8) is 0 Å². The van der Waals surface area contributed by atoms with Crippen molar-refractivity contribution < 1.29 is 9.59 Å². The molecule has 1 saturated heterocycles. The fraction of sp³-hybridized carbons (Fsp3) is 0.519. The summed E-state index contributed by atoms with van der Waals surface area (Å²) in [7, 11) is 2.11. The molecule has 3 aromatic rings. The van der Waals surface area contributed by atoms with Crippen LogP contribution in [0.25, 0.3) is 10.2 Å². The molecule has 1 amide bonds. The molecule has 1 aliphatic carbocycles. The lowest BCUT2D eigenvalue weighted by Crippen LogP contribution is -2.53. The number of hydrogen-bond acceptors (Lipinski definition) is 8. The van der Waals surface area contributed by atoms with Gasteiger partial charge in [0.2, 0.25) is 5.91 Å². The van der Waals surface area contributed by atoms with Crippen molar-refractivity contribution in [3.05, 3.63) is 43.9 Å². The van der Waals surface area contributed by atoms with Crippen molar-refractivity contribution >= 4 is 56.4 Å². The number of anilines is 2. The second-order valence-electron chi connectivity index (χ2n) is 11.4. The molecule has 1 fully saturated rings. The molecule has 0 bridgehead atoms. The third-order valence-corrected chi connectivity index (χ3v) is 9.79. The van der Waals surface area contributed by atoms with Gasteiger partial charge in [-0.15, -0.1) is 11.3 Å². The van der Waals surface area contributed by atoms with E-state index in [2.05, 4.69) is 34.2 Å². The van der Waals surface area contributed by atoms with Crippen LogP contribution in [0.4, 0.5) is 11.5 Å². The van der Waals surface area contributed by atoms with Crippen molar-refractivity contribution in [1.82, 2.24) is 24.3 Å². The van der Waals surface area contributed by atoms with Gasteiger partial charge in [0.15, 0.2) is 5.78 Å². The van der Waals surface area contributed by atoms with Crippen molar-refractivity contribution in [1.29, 1.82) is 0 Å². The fourth-order valence-electron chi connectivity index (χ4n) is 6.12. The molecule has 0 radical (unpaired) electrons. The number of thiophene rings is 1. The SMILES string of the molecule is C[C@@H]1CN(C(=O)[C@H]2CCc3c(sc4ncnc(Nc5cc(Cl)c6n(c5=O)C(C)(C)CC6=O)c34)C2)CCN1C. The maximum absolute atomic E-state index is 13.5. The number of likely N-dealkylation sites (N-methyl/N-ethyl adjacent to an activating group) is 1. The van der Waals surface area contributed by atoms with Crippen molar-refractivity contribution in [2.45, 2.75) is 58.0 Å². The smallest absolute Gasteiger partial charge is 0.275 e. The van der Waals surface area contributed by atoms with Crippen LogP contribution in [0.3, 0.4) is 0 Å². The Labute approximate surface area is 229 Å². The van der Waals surface area contributed by atoms with E-state index >= 15 is 0 Å². The number of pyridine rings is 1. The zero-order chi connectivity index (χ0) is 26.9. The molecular formula is C27H31ClN6O3S. The van der Waals surface area contributed by atoms with Gasteiger partial charge in [-0.3, -0.25) is 19.0 Å². The van der Waals surface area contributed by atoms with Gasteiger partial charge in [-0.25, -0.2) is 9.97 Å². The average molecular weight is 555 g/mol. The molecule has 0 unspecified atom stereocenters. The van der Waals surface area contributed by atoms with Gasteiger partial charge in [-0.2, -0.15) is 0 Å². The van der Waals surface area contributed by atoms with Crippen LogP contribution in [0.1, 0.15) is 54.5 Å². The largest absolute Gasteiger partial charge is 0.340 e. The summed E-state index contributed by atoms with van der Waals surface area (Å²) in [6.45, 7) is 8.33. The number of nitrogens with one attached hydrogen (secondary N) is 1. The standard InChI is InChI=1S/C27H31ClN6O3S/c1-14-12-33(8-7-32(14)4)25(36)15-5-6-16-20(9-15)38-24-21(16)23(29-13-30-24)31-18-10-17(28)22-19(35)11-27(2,3)34(22)26(18)37/h10,13-15H,5-9,11-12H2,1-4H3,(H,29,30,31)/t14-,15+/m1/s1. The molecule has 3 aliphatic rings. The topological polar surface area (TPSA) is 100 Å². The van der Waals surface area contributed by atoms with Crippen LogP contribution >= 0.6 is 22.9 Å². The lowest BCUT2D eigenvalue weighted by atomic mass is 9.86. The lowest BCUT2D eigenvalue weighted by Gasteiger charge is -2.39. The van der Waals surface area contributed by atoms with Crippen LogP contribution in [-0.2, 0) is 23.2 Å². The number of Topliss-reactive ketones (excluding diaryl/α,β-unsaturated/α-hetero) is 1. The van der Waals surface area contributed by atoms with E-state index in [1.165, 1.54) is 17.0 Å². The fourth-order valence-corrected chi connectivity index (χ4v) is 7.68. The number of carbonyl (C=O) groups is 2. The summed E-state index contributed by atoms with van der Waals surface area (Å²) in [6, 6.07) is 1.88. The van der Waals surface area contributed by atoms with Gasteiger partial charge >= 0.3 is 0 Å². The molecule has 0 saturated carbocycles. The number of amides is 1. The van der Waals surface area contributed by atoms with Gasteiger partial charge in [0.1, 0.15) is 28.4 Å². The minimum atomic E-state index is -0.656. The summed E-state index contributed by atoms with van der Waals surface area (Å²) in [4.78, 5) is 54.7. The Bertz CT molecular complexity index is 1550. The molecule has 3 aromatic heterocycles. The van der Waals surface area contributed by atoms with E-state index in [-0.39, 0.29) is 46.0 Å². The molecule has 0 aromatic carbocycles. The third kappa shape index (κ3) is 4.04. The van der Waals surface area contributed by atoms with E-state index in [4.69, 9.17) is 11.6 Å². The van der Waals surface area contributed by atoms with Gasteiger partial charge in [-0.1, -0.05) is 11.6 Å². The highest BCUT2D eigenvalue weighted by molar-refractivity contribution is 7.19. The van der Waals surface area contributed by atoms with E-state index in [0.717, 1.165) is 53.1 Å². The van der Waals surface area contributed by atoms with Crippen molar-refractivity contribution in [2.75, 3.05) is 32.0 Å². The Morgan fingerprint density at radius 3 is 2.79 bits per heavy atom. The third-order valence-electron chi connectivity index (χ3n) is 8.34. The molecule has 0 spiro atoms. The molecular weight excluding hydrogens is 524 g/mol. The number of carbonyl (C=O) groups excluding carboxylic acids is 2. The first-order valence-corrected chi connectivity index (χ1v) is 14.2. The quantitative estimate of drug-likeness (QED) is 0.525. The molecule has 2 atom stereocenters. The number of piperazine rings is 1. The molecule has 9 nitrogen and oxygen atoms in total. The zero-order valence-electron chi connectivity index (χ0n) is 22.0. The first kappa shape index (κ1) is 25.5. The van der Waals surface area contributed by atoms with E-state index in [0.29, 0.717) is 18.3 Å². The summed E-state index contributed by atoms with van der Waals surface area (Å²) in [5, 5.41) is 4.36. The highest BCUT2D eigenvalue weighted by atomic mass is 35.5. The Hall–Kier alpha value is -2.82. The van der Waals surface area contributed by atoms with Crippen LogP contribution in [0.2, 0.25) is 5.02 Å². The minimum Gasteiger partial charge on any atom is -0.340 e. The summed E-state index contributed by atoms with van der Waals surface area (Å²) < 4.78 is 1.50. The number of hydrogen-bond donors (Lipinski definition) is 1. The van der Waals surface area contributed by atoms with E-state index in [9.17, 15) is 14.4 Å². The molecule has 1 N–H and O–H groups in total. The lowest BCUT2D eigenvalue weighted by molar-refractivity contribution is -0.138. The van der Waals surface area contributed by atoms with E-state index < -0.39 is 5.54 Å². The predicted molar refractivity (Wildman–Crippen MR) is 149 cm³/mol. The second-order valence-corrected chi connectivity index (χ2v) is 12.9. The first-order valence-electron chi connectivity index (χ1n) is 13.1. The number of ketones is 1. The average Bonchev–Trinajstić information content (AvgIpc) is 3.36. The Morgan fingerprint density at radius 1 is 1.24 bits per heavy atom. The van der Waals surface area contributed by atoms with Crippen LogP contribution in [0.5, 0.6) is 0 Å². The number of fused-ring (bicyclic) bond motifs is 4. The van der Waals surface area contributed by atoms with Crippen LogP contribution in [0.15, 0.2) is 17.2 Å². The van der Waals surface area contributed by atoms with Gasteiger partial charge in [0, 0.05) is 42.9 Å². The van der Waals surface area contributed by atoms with Crippen LogP contribution in [0, 0.1) is 5.92 Å². The van der Waals surface area contributed by atoms with Crippen LogP contribution < -0.4 is 10.9 Å². The maximum Gasteiger partial charge on any atom is 0.275 e. The Morgan fingerprint density at radius 2 is 2.03 bits per heavy atom. The monoisotopic (exact) mass is 554 g/mol. The van der Waals surface area contributed by atoms with E-state index in [1.807, 2.05) is 18.7 Å². The Kier molecular flexibility index (Phi) is 6.12. The molecule has 11 heteroatoms. The Balaban J connectivity index is 1.31. The first-order chi connectivity index (χ1) is 18.0. The van der Waals surface area contributed by atoms with Crippen molar-refractivity contribution in [3.8, 4) is 0 Å². The van der Waals surface area contributed by atoms with Crippen molar-refractivity contribution in [2.24, 2.45) is 5.92 Å². The zero-order valence-corrected chi connectivity index (χ0v) is 23.6. The highest BCUT2D eigenvalue weighted by Crippen LogP contribution is 2.41. The molecule has 200 valence electrons. The molecule has 2 aliphatic heterocycles. The number of nitrogens with zero attached hydrogens (tertiary/aromatic N) is 5. The normalized spacial score (nSPS) is 23.0. The molecule has 5 heterocycles. The number of aromatic nitrogens is 3. The maximum atomic E-state index is 13.5. The van der Waals surface area contributed by atoms with Gasteiger partial charge in [0.25, 0.3) is 5.56 Å². The summed E-state index contributed by atoms with van der Waals surface area (Å²) >= 11 is 8.08. The van der Waals surface area contributed by atoms with Gasteiger partial charge in [0.05, 0.1) is 15.9 Å². The number of halogens is 1. The highest BCUT2D eigenvalue weighted by Gasteiger charge is 2.39. The van der Waals surface area contributed by atoms with E-state index in [1.54, 1.807) is 11.3 Å². The summed E-state index contributed by atoms with van der Waals surface area (Å²) in [6.07, 6.45) is 3.94. The van der Waals surface area contributed by atoms with Crippen LogP contribution in [-0.4, -0.2) is 68.7 Å². The number of rotatable bonds is 3.